The fourth-order valence-corrected chi connectivity index (χ4v) is 3.48. The molecule has 1 aliphatic rings. The molecule has 0 atom stereocenters. The second-order valence-corrected chi connectivity index (χ2v) is 7.17. The van der Waals surface area contributed by atoms with Crippen molar-refractivity contribution in [2.75, 3.05) is 32.8 Å². The van der Waals surface area contributed by atoms with E-state index in [2.05, 4.69) is 30.6 Å². The Bertz CT molecular complexity index is 901. The van der Waals surface area contributed by atoms with Crippen LogP contribution in [0, 0.1) is 6.92 Å². The van der Waals surface area contributed by atoms with Gasteiger partial charge in [0.05, 0.1) is 10.7 Å². The summed E-state index contributed by atoms with van der Waals surface area (Å²) < 4.78 is 7.04. The number of nitrogens with zero attached hydrogens (tertiary/aromatic N) is 7. The molecule has 3 aromatic rings. The maximum absolute atomic E-state index is 12.4. The fourth-order valence-electron chi connectivity index (χ4n) is 2.88. The Balaban J connectivity index is 1.25. The van der Waals surface area contributed by atoms with Crippen LogP contribution in [0.2, 0.25) is 0 Å². The first kappa shape index (κ1) is 16.9. The Labute approximate surface area is 154 Å². The molecule has 0 spiro atoms. The molecule has 0 bridgehead atoms. The van der Waals surface area contributed by atoms with Crippen molar-refractivity contribution in [2.24, 2.45) is 0 Å². The van der Waals surface area contributed by atoms with E-state index in [1.165, 1.54) is 10.8 Å². The first-order chi connectivity index (χ1) is 12.7. The van der Waals surface area contributed by atoms with E-state index in [0.29, 0.717) is 24.6 Å². The summed E-state index contributed by atoms with van der Waals surface area (Å²) in [5.41, 5.74) is 1.74. The van der Waals surface area contributed by atoms with E-state index in [1.54, 1.807) is 23.5 Å². The molecule has 4 heterocycles. The summed E-state index contributed by atoms with van der Waals surface area (Å²) in [7, 11) is 0. The summed E-state index contributed by atoms with van der Waals surface area (Å²) in [5.74, 6) is 0.350. The van der Waals surface area contributed by atoms with Crippen LogP contribution in [-0.2, 0) is 11.3 Å². The second kappa shape index (κ2) is 7.34. The molecule has 0 aliphatic carbocycles. The van der Waals surface area contributed by atoms with Crippen molar-refractivity contribution >= 4 is 22.9 Å². The fraction of sp³-hybridized carbons (Fsp3) is 0.438. The van der Waals surface area contributed by atoms with Crippen molar-refractivity contribution in [2.45, 2.75) is 13.5 Å². The lowest BCUT2D eigenvalue weighted by molar-refractivity contribution is -0.135. The van der Waals surface area contributed by atoms with E-state index in [-0.39, 0.29) is 12.5 Å². The molecule has 0 unspecified atom stereocenters. The summed E-state index contributed by atoms with van der Waals surface area (Å²) in [6, 6.07) is 3.43. The van der Waals surface area contributed by atoms with Crippen molar-refractivity contribution in [1.29, 1.82) is 0 Å². The molecule has 10 heteroatoms. The van der Waals surface area contributed by atoms with E-state index in [0.717, 1.165) is 30.3 Å². The third-order valence-electron chi connectivity index (χ3n) is 4.26. The third kappa shape index (κ3) is 3.81. The zero-order valence-corrected chi connectivity index (χ0v) is 15.2. The number of hydrogen-bond donors (Lipinski definition) is 0. The van der Waals surface area contributed by atoms with Gasteiger partial charge < -0.3 is 9.64 Å². The predicted molar refractivity (Wildman–Crippen MR) is 95.0 cm³/mol. The van der Waals surface area contributed by atoms with Crippen LogP contribution in [0.15, 0.2) is 23.8 Å². The molecule has 3 aromatic heterocycles. The second-order valence-electron chi connectivity index (χ2n) is 6.11. The van der Waals surface area contributed by atoms with E-state index in [4.69, 9.17) is 4.74 Å². The number of rotatable bonds is 5. The van der Waals surface area contributed by atoms with E-state index >= 15 is 0 Å². The molecule has 0 aromatic carbocycles. The number of aromatic nitrogens is 5. The van der Waals surface area contributed by atoms with E-state index < -0.39 is 0 Å². The van der Waals surface area contributed by atoms with Crippen molar-refractivity contribution in [3.05, 3.63) is 34.5 Å². The van der Waals surface area contributed by atoms with Gasteiger partial charge in [-0.2, -0.15) is 4.52 Å². The molecule has 1 fully saturated rings. The van der Waals surface area contributed by atoms with Gasteiger partial charge in [-0.25, -0.2) is 4.98 Å². The predicted octanol–water partition coefficient (Wildman–Crippen LogP) is 0.612. The zero-order chi connectivity index (χ0) is 17.9. The topological polar surface area (TPSA) is 88.8 Å². The number of fused-ring (bicyclic) bond motifs is 1. The number of thiazole rings is 1. The molecular weight excluding hydrogens is 354 g/mol. The van der Waals surface area contributed by atoms with Gasteiger partial charge in [-0.05, 0) is 13.0 Å². The highest BCUT2D eigenvalue weighted by atomic mass is 32.1. The molecule has 1 amide bonds. The normalized spacial score (nSPS) is 15.5. The van der Waals surface area contributed by atoms with Crippen LogP contribution in [-0.4, -0.2) is 73.3 Å². The molecule has 9 nitrogen and oxygen atoms in total. The maximum Gasteiger partial charge on any atom is 0.260 e. The Morgan fingerprint density at radius 1 is 1.27 bits per heavy atom. The summed E-state index contributed by atoms with van der Waals surface area (Å²) in [6.07, 6.45) is 1.49. The quantitative estimate of drug-likeness (QED) is 0.647. The highest BCUT2D eigenvalue weighted by molar-refractivity contribution is 7.09. The van der Waals surface area contributed by atoms with Crippen LogP contribution >= 0.6 is 11.3 Å². The maximum atomic E-state index is 12.4. The van der Waals surface area contributed by atoms with Gasteiger partial charge in [0.2, 0.25) is 5.88 Å². The van der Waals surface area contributed by atoms with Gasteiger partial charge in [-0.15, -0.1) is 26.6 Å². The SMILES string of the molecule is Cc1nc(CN2CCN(C(=O)COc3ccc4nncn4n3)CC2)cs1. The van der Waals surface area contributed by atoms with Crippen LogP contribution < -0.4 is 4.74 Å². The number of hydrogen-bond acceptors (Lipinski definition) is 8. The van der Waals surface area contributed by atoms with Crippen LogP contribution in [0.4, 0.5) is 0 Å². The number of amides is 1. The van der Waals surface area contributed by atoms with Crippen molar-refractivity contribution in [3.8, 4) is 5.88 Å². The monoisotopic (exact) mass is 373 g/mol. The first-order valence-electron chi connectivity index (χ1n) is 8.38. The minimum absolute atomic E-state index is 0.0219. The summed E-state index contributed by atoms with van der Waals surface area (Å²) >= 11 is 1.67. The highest BCUT2D eigenvalue weighted by Gasteiger charge is 2.22. The third-order valence-corrected chi connectivity index (χ3v) is 5.08. The summed E-state index contributed by atoms with van der Waals surface area (Å²) in [5, 5.41) is 15.0. The summed E-state index contributed by atoms with van der Waals surface area (Å²) in [4.78, 5) is 21.0. The molecule has 26 heavy (non-hydrogen) atoms. The van der Waals surface area contributed by atoms with Crippen molar-refractivity contribution in [1.82, 2.24) is 34.6 Å². The van der Waals surface area contributed by atoms with Gasteiger partial charge in [0.15, 0.2) is 12.3 Å². The van der Waals surface area contributed by atoms with Gasteiger partial charge in [0, 0.05) is 44.2 Å². The summed E-state index contributed by atoms with van der Waals surface area (Å²) in [6.45, 7) is 5.91. The van der Waals surface area contributed by atoms with Gasteiger partial charge in [0.25, 0.3) is 5.91 Å². The zero-order valence-electron chi connectivity index (χ0n) is 14.4. The molecule has 0 radical (unpaired) electrons. The molecule has 136 valence electrons. The Morgan fingerprint density at radius 2 is 2.12 bits per heavy atom. The van der Waals surface area contributed by atoms with Gasteiger partial charge in [-0.3, -0.25) is 9.69 Å². The first-order valence-corrected chi connectivity index (χ1v) is 9.26. The molecular formula is C16H19N7O2S. The van der Waals surface area contributed by atoms with Gasteiger partial charge >= 0.3 is 0 Å². The number of carbonyl (C=O) groups is 1. The van der Waals surface area contributed by atoms with Gasteiger partial charge in [-0.1, -0.05) is 0 Å². The number of aryl methyl sites for hydroxylation is 1. The molecule has 1 aliphatic heterocycles. The minimum Gasteiger partial charge on any atom is -0.467 e. The largest absolute Gasteiger partial charge is 0.467 e. The Kier molecular flexibility index (Phi) is 4.76. The number of carbonyl (C=O) groups excluding carboxylic acids is 1. The highest BCUT2D eigenvalue weighted by Crippen LogP contribution is 2.13. The van der Waals surface area contributed by atoms with Crippen LogP contribution in [0.25, 0.3) is 5.65 Å². The average molecular weight is 373 g/mol. The average Bonchev–Trinajstić information content (AvgIpc) is 3.28. The number of ether oxygens (including phenoxy) is 1. The van der Waals surface area contributed by atoms with Crippen molar-refractivity contribution < 1.29 is 9.53 Å². The molecule has 0 saturated carbocycles. The molecule has 1 saturated heterocycles. The van der Waals surface area contributed by atoms with Gasteiger partial charge in [0.1, 0.15) is 6.33 Å². The molecule has 4 rings (SSSR count). The lowest BCUT2D eigenvalue weighted by Gasteiger charge is -2.34. The Hall–Kier alpha value is -2.59. The van der Waals surface area contributed by atoms with Crippen LogP contribution in [0.3, 0.4) is 0 Å². The standard InChI is InChI=1S/C16H19N7O2S/c1-12-18-13(10-26-12)8-21-4-6-22(7-5-21)16(24)9-25-15-3-2-14-19-17-11-23(14)20-15/h2-3,10-11H,4-9H2,1H3. The van der Waals surface area contributed by atoms with Crippen LogP contribution in [0.5, 0.6) is 5.88 Å². The lowest BCUT2D eigenvalue weighted by atomic mass is 10.3. The molecule has 0 N–H and O–H groups in total. The van der Waals surface area contributed by atoms with E-state index in [1.807, 2.05) is 11.8 Å². The lowest BCUT2D eigenvalue weighted by Crippen LogP contribution is -2.49. The van der Waals surface area contributed by atoms with Crippen LogP contribution in [0.1, 0.15) is 10.7 Å². The minimum atomic E-state index is -0.0280. The Morgan fingerprint density at radius 3 is 2.88 bits per heavy atom. The smallest absolute Gasteiger partial charge is 0.260 e. The van der Waals surface area contributed by atoms with E-state index in [9.17, 15) is 4.79 Å². The van der Waals surface area contributed by atoms with Crippen molar-refractivity contribution in [3.63, 3.8) is 0 Å². The number of piperazine rings is 1.